The van der Waals surface area contributed by atoms with Crippen LogP contribution in [0.1, 0.15) is 20.3 Å². The normalized spacial score (nSPS) is 11.2. The summed E-state index contributed by atoms with van der Waals surface area (Å²) in [5.41, 5.74) is 0. The van der Waals surface area contributed by atoms with E-state index in [0.29, 0.717) is 6.42 Å². The van der Waals surface area contributed by atoms with Crippen molar-refractivity contribution in [3.63, 3.8) is 0 Å². The molecule has 0 amide bonds. The van der Waals surface area contributed by atoms with Crippen LogP contribution in [0, 0.1) is 0 Å². The van der Waals surface area contributed by atoms with E-state index in [2.05, 4.69) is 0 Å². The lowest BCUT2D eigenvalue weighted by Crippen LogP contribution is -2.31. The molecule has 0 aromatic heterocycles. The van der Waals surface area contributed by atoms with Gasteiger partial charge in [-0.05, 0) is 52.1 Å². The number of carbonyl (C=O) groups excluding carboxylic acids is 2. The molecule has 0 fully saturated rings. The van der Waals surface area contributed by atoms with Crippen molar-refractivity contribution in [2.24, 2.45) is 0 Å². The van der Waals surface area contributed by atoms with Gasteiger partial charge in [-0.2, -0.15) is 0 Å². The van der Waals surface area contributed by atoms with Gasteiger partial charge in [-0.15, -0.1) is 0 Å². The van der Waals surface area contributed by atoms with Crippen molar-refractivity contribution in [2.45, 2.75) is 21.7 Å². The molecule has 0 aliphatic carbocycles. The fourth-order valence-electron chi connectivity index (χ4n) is 0.418. The SMILES string of the molecule is CCC(=O)C(I)(I)C(C)=O. The first-order valence-corrected chi connectivity index (χ1v) is 5.00. The molecular weight excluding hydrogens is 358 g/mol. The Morgan fingerprint density at radius 3 is 1.90 bits per heavy atom. The summed E-state index contributed by atoms with van der Waals surface area (Å²) in [5, 5.41) is 0. The van der Waals surface area contributed by atoms with Crippen LogP contribution in [0.5, 0.6) is 0 Å². The average molecular weight is 366 g/mol. The zero-order valence-corrected chi connectivity index (χ0v) is 10.1. The molecular formula is C6H8I2O2. The zero-order chi connectivity index (χ0) is 8.36. The van der Waals surface area contributed by atoms with E-state index in [1.54, 1.807) is 6.92 Å². The smallest absolute Gasteiger partial charge is 0.188 e. The lowest BCUT2D eigenvalue weighted by molar-refractivity contribution is -0.124. The van der Waals surface area contributed by atoms with Crippen LogP contribution in [0.25, 0.3) is 0 Å². The molecule has 0 aromatic carbocycles. The highest BCUT2D eigenvalue weighted by molar-refractivity contribution is 14.2. The molecule has 0 radical (unpaired) electrons. The van der Waals surface area contributed by atoms with Gasteiger partial charge < -0.3 is 0 Å². The molecule has 58 valence electrons. The first-order valence-electron chi connectivity index (χ1n) is 2.85. The molecule has 0 saturated carbocycles. The largest absolute Gasteiger partial charge is 0.297 e. The van der Waals surface area contributed by atoms with Gasteiger partial charge in [0.15, 0.2) is 13.0 Å². The van der Waals surface area contributed by atoms with E-state index in [9.17, 15) is 9.59 Å². The van der Waals surface area contributed by atoms with E-state index in [0.717, 1.165) is 0 Å². The Morgan fingerprint density at radius 1 is 1.40 bits per heavy atom. The Hall–Kier alpha value is 0.800. The second-order valence-corrected chi connectivity index (χ2v) is 7.21. The molecule has 0 aromatic rings. The summed E-state index contributed by atoms with van der Waals surface area (Å²) in [5.74, 6) is -0.0956. The third-order valence-corrected chi connectivity index (χ3v) is 3.84. The molecule has 0 spiro atoms. The first kappa shape index (κ1) is 10.8. The Bertz CT molecular complexity index is 163. The number of hydrogen-bond donors (Lipinski definition) is 0. The Balaban J connectivity index is 4.40. The van der Waals surface area contributed by atoms with E-state index >= 15 is 0 Å². The van der Waals surface area contributed by atoms with Crippen molar-refractivity contribution in [3.8, 4) is 0 Å². The zero-order valence-electron chi connectivity index (χ0n) is 5.78. The van der Waals surface area contributed by atoms with Gasteiger partial charge in [0, 0.05) is 6.42 Å². The van der Waals surface area contributed by atoms with E-state index in [1.165, 1.54) is 6.92 Å². The summed E-state index contributed by atoms with van der Waals surface area (Å²) >= 11 is 3.76. The quantitative estimate of drug-likeness (QED) is 0.436. The van der Waals surface area contributed by atoms with Gasteiger partial charge in [0.25, 0.3) is 0 Å². The molecule has 0 heterocycles. The van der Waals surface area contributed by atoms with Crippen LogP contribution in [0.2, 0.25) is 0 Å². The maximum absolute atomic E-state index is 11.0. The van der Waals surface area contributed by atoms with Gasteiger partial charge in [0.1, 0.15) is 0 Å². The number of ketones is 2. The van der Waals surface area contributed by atoms with Crippen LogP contribution < -0.4 is 0 Å². The van der Waals surface area contributed by atoms with Crippen molar-refractivity contribution in [3.05, 3.63) is 0 Å². The first-order chi connectivity index (χ1) is 4.42. The highest BCUT2D eigenvalue weighted by Crippen LogP contribution is 2.30. The summed E-state index contributed by atoms with van der Waals surface area (Å²) in [4.78, 5) is 21.9. The monoisotopic (exact) mass is 366 g/mol. The van der Waals surface area contributed by atoms with E-state index in [4.69, 9.17) is 0 Å². The summed E-state index contributed by atoms with van der Waals surface area (Å²) in [6, 6.07) is 0. The minimum atomic E-state index is -0.829. The molecule has 0 bridgehead atoms. The fraction of sp³-hybridized carbons (Fsp3) is 0.667. The van der Waals surface area contributed by atoms with E-state index < -0.39 is 1.43 Å². The summed E-state index contributed by atoms with van der Waals surface area (Å²) in [7, 11) is 0. The van der Waals surface area contributed by atoms with Gasteiger partial charge in [0.2, 0.25) is 0 Å². The highest BCUT2D eigenvalue weighted by Gasteiger charge is 2.35. The Kier molecular flexibility index (Phi) is 4.30. The maximum atomic E-state index is 11.0. The predicted octanol–water partition coefficient (Wildman–Crippen LogP) is 2.12. The average Bonchev–Trinajstić information content (AvgIpc) is 1.86. The summed E-state index contributed by atoms with van der Waals surface area (Å²) < 4.78 is -0.829. The fourth-order valence-corrected chi connectivity index (χ4v) is 1.18. The van der Waals surface area contributed by atoms with Crippen molar-refractivity contribution in [2.75, 3.05) is 0 Å². The minimum Gasteiger partial charge on any atom is -0.297 e. The van der Waals surface area contributed by atoms with Crippen LogP contribution in [0.15, 0.2) is 0 Å². The molecule has 4 heteroatoms. The number of carbonyl (C=O) groups is 2. The van der Waals surface area contributed by atoms with Crippen LogP contribution in [0.3, 0.4) is 0 Å². The van der Waals surface area contributed by atoms with Crippen molar-refractivity contribution in [1.29, 1.82) is 0 Å². The van der Waals surface area contributed by atoms with Crippen LogP contribution in [-0.2, 0) is 9.59 Å². The van der Waals surface area contributed by atoms with Crippen LogP contribution in [0.4, 0.5) is 0 Å². The van der Waals surface area contributed by atoms with Crippen molar-refractivity contribution in [1.82, 2.24) is 0 Å². The standard InChI is InChI=1S/C6H8I2O2/c1-3-5(10)6(7,8)4(2)9/h3H2,1-2H3. The number of hydrogen-bond acceptors (Lipinski definition) is 2. The van der Waals surface area contributed by atoms with E-state index in [-0.39, 0.29) is 11.6 Å². The number of halogens is 2. The molecule has 2 nitrogen and oxygen atoms in total. The molecule has 0 atom stereocenters. The molecule has 0 N–H and O–H groups in total. The second-order valence-electron chi connectivity index (χ2n) is 1.91. The summed E-state index contributed by atoms with van der Waals surface area (Å²) in [6.07, 6.45) is 0.422. The molecule has 0 aliphatic heterocycles. The lowest BCUT2D eigenvalue weighted by Gasteiger charge is -2.13. The topological polar surface area (TPSA) is 34.1 Å². The predicted molar refractivity (Wildman–Crippen MR) is 56.8 cm³/mol. The van der Waals surface area contributed by atoms with E-state index in [1.807, 2.05) is 45.2 Å². The molecule has 0 rings (SSSR count). The molecule has 0 aliphatic rings. The molecule has 10 heavy (non-hydrogen) atoms. The van der Waals surface area contributed by atoms with Crippen LogP contribution in [-0.4, -0.2) is 13.0 Å². The van der Waals surface area contributed by atoms with Crippen molar-refractivity contribution >= 4 is 56.7 Å². The number of rotatable bonds is 3. The molecule has 0 saturated heterocycles. The van der Waals surface area contributed by atoms with Crippen molar-refractivity contribution < 1.29 is 9.59 Å². The lowest BCUT2D eigenvalue weighted by atomic mass is 10.2. The van der Waals surface area contributed by atoms with Gasteiger partial charge in [-0.3, -0.25) is 9.59 Å². The molecule has 0 unspecified atom stereocenters. The van der Waals surface area contributed by atoms with Gasteiger partial charge in [-0.25, -0.2) is 0 Å². The number of alkyl halides is 2. The number of Topliss-reactive ketones (excluding diaryl/α,β-unsaturated/α-hetero) is 2. The van der Waals surface area contributed by atoms with Gasteiger partial charge in [-0.1, -0.05) is 6.92 Å². The Labute approximate surface area is 87.4 Å². The summed E-state index contributed by atoms with van der Waals surface area (Å²) in [6.45, 7) is 3.20. The Morgan fingerprint density at radius 2 is 1.80 bits per heavy atom. The second kappa shape index (κ2) is 3.99. The van der Waals surface area contributed by atoms with Gasteiger partial charge in [0.05, 0.1) is 0 Å². The van der Waals surface area contributed by atoms with Gasteiger partial charge >= 0.3 is 0 Å². The third kappa shape index (κ3) is 2.44. The maximum Gasteiger partial charge on any atom is 0.188 e. The van der Waals surface area contributed by atoms with Crippen LogP contribution >= 0.6 is 45.2 Å². The third-order valence-electron chi connectivity index (χ3n) is 1.11. The minimum absolute atomic E-state index is 0.0128. The highest BCUT2D eigenvalue weighted by atomic mass is 127.